The maximum Gasteiger partial charge on any atom is 0.335 e. The van der Waals surface area contributed by atoms with Crippen LogP contribution in [-0.4, -0.2) is 44.0 Å². The van der Waals surface area contributed by atoms with Crippen LogP contribution >= 0.6 is 0 Å². The Morgan fingerprint density at radius 3 is 2.61 bits per heavy atom. The number of benzene rings is 1. The van der Waals surface area contributed by atoms with E-state index in [9.17, 15) is 4.79 Å². The number of carboxylic acid groups (broad SMARTS) is 1. The first-order valence-corrected chi connectivity index (χ1v) is 5.82. The molecule has 5 heteroatoms. The zero-order valence-corrected chi connectivity index (χ0v) is 10.7. The van der Waals surface area contributed by atoms with Crippen LogP contribution in [0.3, 0.4) is 0 Å². The average Bonchev–Trinajstić information content (AvgIpc) is 2.35. The quantitative estimate of drug-likeness (QED) is 0.685. The third-order valence-electron chi connectivity index (χ3n) is 2.38. The minimum Gasteiger partial charge on any atom is -0.492 e. The van der Waals surface area contributed by atoms with Crippen LogP contribution in [0.5, 0.6) is 5.75 Å². The molecule has 0 fully saturated rings. The van der Waals surface area contributed by atoms with Crippen LogP contribution in [0.15, 0.2) is 24.3 Å². The van der Waals surface area contributed by atoms with Gasteiger partial charge in [0.25, 0.3) is 0 Å². The van der Waals surface area contributed by atoms with E-state index in [0.717, 1.165) is 0 Å². The van der Waals surface area contributed by atoms with E-state index in [4.69, 9.17) is 14.6 Å². The third kappa shape index (κ3) is 5.16. The zero-order valence-electron chi connectivity index (χ0n) is 10.7. The molecular weight excluding hydrogens is 234 g/mol. The molecule has 0 aromatic heterocycles. The van der Waals surface area contributed by atoms with Gasteiger partial charge in [0.15, 0.2) is 0 Å². The lowest BCUT2D eigenvalue weighted by Crippen LogP contribution is -2.33. The summed E-state index contributed by atoms with van der Waals surface area (Å²) in [5.41, 5.74) is 0.259. The predicted octanol–water partition coefficient (Wildman–Crippen LogP) is 1.39. The Morgan fingerprint density at radius 1 is 1.39 bits per heavy atom. The van der Waals surface area contributed by atoms with Crippen molar-refractivity contribution < 1.29 is 19.4 Å². The molecule has 100 valence electrons. The second kappa shape index (κ2) is 7.68. The number of hydrogen-bond donors (Lipinski definition) is 2. The van der Waals surface area contributed by atoms with E-state index >= 15 is 0 Å². The second-order valence-electron chi connectivity index (χ2n) is 3.99. The highest BCUT2D eigenvalue weighted by Crippen LogP contribution is 2.11. The number of carbonyl (C=O) groups is 1. The van der Waals surface area contributed by atoms with Crippen molar-refractivity contribution in [1.82, 2.24) is 5.32 Å². The summed E-state index contributed by atoms with van der Waals surface area (Å²) in [6, 6.07) is 6.65. The molecule has 2 N–H and O–H groups in total. The first-order chi connectivity index (χ1) is 8.63. The van der Waals surface area contributed by atoms with Gasteiger partial charge in [-0.15, -0.1) is 0 Å². The summed E-state index contributed by atoms with van der Waals surface area (Å²) < 4.78 is 10.5. The van der Waals surface area contributed by atoms with Crippen LogP contribution in [0, 0.1) is 0 Å². The fourth-order valence-electron chi connectivity index (χ4n) is 1.48. The van der Waals surface area contributed by atoms with Gasteiger partial charge in [-0.1, -0.05) is 0 Å². The first kappa shape index (κ1) is 14.5. The lowest BCUT2D eigenvalue weighted by atomic mass is 10.2. The molecule has 1 aromatic rings. The molecule has 0 aliphatic heterocycles. The molecule has 0 saturated heterocycles. The maximum absolute atomic E-state index is 10.6. The number of carboxylic acids is 1. The molecule has 5 nitrogen and oxygen atoms in total. The van der Waals surface area contributed by atoms with Crippen LogP contribution in [0.2, 0.25) is 0 Å². The van der Waals surface area contributed by atoms with Crippen molar-refractivity contribution in [3.8, 4) is 5.75 Å². The van der Waals surface area contributed by atoms with Gasteiger partial charge in [-0.3, -0.25) is 0 Å². The Morgan fingerprint density at radius 2 is 2.06 bits per heavy atom. The normalized spacial score (nSPS) is 12.1. The van der Waals surface area contributed by atoms with Gasteiger partial charge in [-0.05, 0) is 31.2 Å². The number of rotatable bonds is 8. The molecule has 18 heavy (non-hydrogen) atoms. The standard InChI is InChI=1S/C13H19NO4/c1-10(9-17-2)14-7-8-18-12-5-3-11(4-6-12)13(15)16/h3-6,10,14H,7-9H2,1-2H3,(H,15,16). The van der Waals surface area contributed by atoms with Crippen molar-refractivity contribution in [1.29, 1.82) is 0 Å². The van der Waals surface area contributed by atoms with Crippen molar-refractivity contribution in [2.75, 3.05) is 26.9 Å². The van der Waals surface area contributed by atoms with Crippen LogP contribution in [0.25, 0.3) is 0 Å². The van der Waals surface area contributed by atoms with Crippen molar-refractivity contribution in [3.05, 3.63) is 29.8 Å². The van der Waals surface area contributed by atoms with E-state index < -0.39 is 5.97 Å². The number of hydrogen-bond acceptors (Lipinski definition) is 4. The smallest absolute Gasteiger partial charge is 0.335 e. The molecule has 1 aromatic carbocycles. The summed E-state index contributed by atoms with van der Waals surface area (Å²) in [5, 5.41) is 12.0. The van der Waals surface area contributed by atoms with E-state index in [0.29, 0.717) is 25.5 Å². The van der Waals surface area contributed by atoms with Gasteiger partial charge < -0.3 is 19.9 Å². The molecule has 0 heterocycles. The highest BCUT2D eigenvalue weighted by Gasteiger charge is 2.02. The number of nitrogens with one attached hydrogen (secondary N) is 1. The summed E-state index contributed by atoms with van der Waals surface area (Å²) >= 11 is 0. The van der Waals surface area contributed by atoms with Gasteiger partial charge in [-0.2, -0.15) is 0 Å². The molecule has 0 bridgehead atoms. The Labute approximate surface area is 107 Å². The number of methoxy groups -OCH3 is 1. The molecule has 0 aliphatic rings. The monoisotopic (exact) mass is 253 g/mol. The maximum atomic E-state index is 10.6. The lowest BCUT2D eigenvalue weighted by Gasteiger charge is -2.13. The van der Waals surface area contributed by atoms with Crippen LogP contribution in [0.1, 0.15) is 17.3 Å². The molecule has 0 spiro atoms. The van der Waals surface area contributed by atoms with E-state index in [1.165, 1.54) is 12.1 Å². The van der Waals surface area contributed by atoms with Crippen LogP contribution < -0.4 is 10.1 Å². The molecule has 0 saturated carbocycles. The Balaban J connectivity index is 2.25. The largest absolute Gasteiger partial charge is 0.492 e. The van der Waals surface area contributed by atoms with Gasteiger partial charge in [0.05, 0.1) is 12.2 Å². The predicted molar refractivity (Wildman–Crippen MR) is 68.2 cm³/mol. The molecule has 1 unspecified atom stereocenters. The topological polar surface area (TPSA) is 67.8 Å². The summed E-state index contributed by atoms with van der Waals surface area (Å²) in [7, 11) is 1.67. The molecule has 1 atom stereocenters. The average molecular weight is 253 g/mol. The summed E-state index contributed by atoms with van der Waals surface area (Å²) in [6.45, 7) is 3.93. The first-order valence-electron chi connectivity index (χ1n) is 5.82. The van der Waals surface area contributed by atoms with E-state index in [2.05, 4.69) is 5.32 Å². The van der Waals surface area contributed by atoms with Gasteiger partial charge >= 0.3 is 5.97 Å². The van der Waals surface area contributed by atoms with Crippen LogP contribution in [0.4, 0.5) is 0 Å². The third-order valence-corrected chi connectivity index (χ3v) is 2.38. The van der Waals surface area contributed by atoms with Gasteiger partial charge in [0.2, 0.25) is 0 Å². The fourth-order valence-corrected chi connectivity index (χ4v) is 1.48. The van der Waals surface area contributed by atoms with Crippen LogP contribution in [-0.2, 0) is 4.74 Å². The molecular formula is C13H19NO4. The van der Waals surface area contributed by atoms with Gasteiger partial charge in [0.1, 0.15) is 12.4 Å². The van der Waals surface area contributed by atoms with E-state index in [1.807, 2.05) is 6.92 Å². The fraction of sp³-hybridized carbons (Fsp3) is 0.462. The van der Waals surface area contributed by atoms with Crippen molar-refractivity contribution in [2.45, 2.75) is 13.0 Å². The van der Waals surface area contributed by atoms with Crippen molar-refractivity contribution >= 4 is 5.97 Å². The second-order valence-corrected chi connectivity index (χ2v) is 3.99. The van der Waals surface area contributed by atoms with Gasteiger partial charge in [0, 0.05) is 19.7 Å². The SMILES string of the molecule is COCC(C)NCCOc1ccc(C(=O)O)cc1. The van der Waals surface area contributed by atoms with E-state index in [-0.39, 0.29) is 11.6 Å². The number of aromatic carboxylic acids is 1. The summed E-state index contributed by atoms with van der Waals surface area (Å²) in [6.07, 6.45) is 0. The highest BCUT2D eigenvalue weighted by atomic mass is 16.5. The minimum absolute atomic E-state index is 0.259. The summed E-state index contributed by atoms with van der Waals surface area (Å²) in [5.74, 6) is -0.266. The van der Waals surface area contributed by atoms with Crippen molar-refractivity contribution in [2.24, 2.45) is 0 Å². The molecule has 0 amide bonds. The lowest BCUT2D eigenvalue weighted by molar-refractivity contribution is 0.0697. The number of ether oxygens (including phenoxy) is 2. The Bertz CT molecular complexity index is 364. The zero-order chi connectivity index (χ0) is 13.4. The van der Waals surface area contributed by atoms with Crippen molar-refractivity contribution in [3.63, 3.8) is 0 Å². The van der Waals surface area contributed by atoms with Gasteiger partial charge in [-0.25, -0.2) is 4.79 Å². The Kier molecular flexibility index (Phi) is 6.18. The molecule has 0 radical (unpaired) electrons. The van der Waals surface area contributed by atoms with E-state index in [1.54, 1.807) is 19.2 Å². The molecule has 0 aliphatic carbocycles. The Hall–Kier alpha value is -1.59. The highest BCUT2D eigenvalue weighted by molar-refractivity contribution is 5.87. The minimum atomic E-state index is -0.934. The molecule has 1 rings (SSSR count). The summed E-state index contributed by atoms with van der Waals surface area (Å²) in [4.78, 5) is 10.6.